The van der Waals surface area contributed by atoms with Crippen molar-refractivity contribution in [3.05, 3.63) is 94.3 Å². The van der Waals surface area contributed by atoms with Crippen LogP contribution in [0.1, 0.15) is 28.2 Å². The fraction of sp³-hybridized carbons (Fsp3) is 0.111. The van der Waals surface area contributed by atoms with Gasteiger partial charge < -0.3 is 26.3 Å². The summed E-state index contributed by atoms with van der Waals surface area (Å²) < 4.78 is 41.0. The van der Waals surface area contributed by atoms with Crippen LogP contribution in [0, 0.1) is 24.2 Å². The quantitative estimate of drug-likeness (QED) is 0.139. The Hall–Kier alpha value is -5.02. The first-order chi connectivity index (χ1) is 19.0. The Balaban J connectivity index is 1.47. The molecule has 2 aromatic carbocycles. The zero-order valence-electron chi connectivity index (χ0n) is 21.1. The predicted octanol–water partition coefficient (Wildman–Crippen LogP) is 6.27. The molecule has 2 heterocycles. The molecule has 13 heteroatoms. The number of nitrogens with zero attached hydrogens (tertiary/aromatic N) is 3. The Bertz CT molecular complexity index is 1660. The summed E-state index contributed by atoms with van der Waals surface area (Å²) in [5, 5.41) is 19.2. The second-order valence-electron chi connectivity index (χ2n) is 8.47. The largest absolute Gasteiger partial charge is 0.417 e. The van der Waals surface area contributed by atoms with E-state index in [4.69, 9.17) is 17.0 Å². The number of urea groups is 1. The number of benzene rings is 2. The van der Waals surface area contributed by atoms with E-state index in [0.717, 1.165) is 29.6 Å². The molecule has 2 aromatic heterocycles. The number of amides is 2. The molecule has 0 aliphatic heterocycles. The summed E-state index contributed by atoms with van der Waals surface area (Å²) in [6.07, 6.45) is 2.99. The Morgan fingerprint density at radius 1 is 1.07 bits per heavy atom. The number of nitrogens with one attached hydrogen (secondary N) is 5. The smallest absolute Gasteiger partial charge is 0.350 e. The summed E-state index contributed by atoms with van der Waals surface area (Å²) in [7, 11) is 1.79. The molecule has 0 bridgehead atoms. The van der Waals surface area contributed by atoms with E-state index in [1.165, 1.54) is 6.07 Å². The number of carbonyl (C=O) groups excluding carboxylic acids is 1. The van der Waals surface area contributed by atoms with Crippen molar-refractivity contribution in [2.75, 3.05) is 16.0 Å². The van der Waals surface area contributed by atoms with Crippen LogP contribution in [0.15, 0.2) is 61.1 Å². The lowest BCUT2D eigenvalue weighted by Gasteiger charge is -2.12. The number of halogens is 4. The average molecular weight is 567 g/mol. The summed E-state index contributed by atoms with van der Waals surface area (Å²) in [5.74, 6) is 6.49. The van der Waals surface area contributed by atoms with Gasteiger partial charge in [-0.3, -0.25) is 4.68 Å². The van der Waals surface area contributed by atoms with Crippen LogP contribution in [0.2, 0.25) is 5.02 Å². The van der Waals surface area contributed by atoms with Crippen LogP contribution < -0.4 is 16.0 Å². The monoisotopic (exact) mass is 566 g/mol. The van der Waals surface area contributed by atoms with Crippen LogP contribution in [0.3, 0.4) is 0 Å². The predicted molar refractivity (Wildman–Crippen MR) is 148 cm³/mol. The molecule has 4 aromatic rings. The molecule has 0 saturated heterocycles. The third kappa shape index (κ3) is 7.09. The number of imidazole rings is 1. The van der Waals surface area contributed by atoms with Crippen LogP contribution in [-0.4, -0.2) is 32.0 Å². The van der Waals surface area contributed by atoms with Gasteiger partial charge in [-0.2, -0.15) is 18.3 Å². The first kappa shape index (κ1) is 28.0. The van der Waals surface area contributed by atoms with Gasteiger partial charge in [-0.1, -0.05) is 23.6 Å². The van der Waals surface area contributed by atoms with Crippen molar-refractivity contribution in [2.45, 2.75) is 13.1 Å². The summed E-state index contributed by atoms with van der Waals surface area (Å²) in [6.45, 7) is 1.85. The van der Waals surface area contributed by atoms with Gasteiger partial charge in [0.05, 0.1) is 34.4 Å². The second kappa shape index (κ2) is 11.8. The van der Waals surface area contributed by atoms with E-state index in [1.807, 2.05) is 6.92 Å². The Labute approximate surface area is 232 Å². The molecule has 0 fully saturated rings. The fourth-order valence-corrected chi connectivity index (χ4v) is 3.73. The first-order valence-electron chi connectivity index (χ1n) is 11.6. The van der Waals surface area contributed by atoms with Gasteiger partial charge in [0.15, 0.2) is 5.82 Å². The van der Waals surface area contributed by atoms with Gasteiger partial charge in [0.25, 0.3) is 0 Å². The van der Waals surface area contributed by atoms with Gasteiger partial charge in [0, 0.05) is 36.4 Å². The number of alkyl halides is 3. The third-order valence-electron chi connectivity index (χ3n) is 5.42. The first-order valence-corrected chi connectivity index (χ1v) is 12.0. The molecule has 40 heavy (non-hydrogen) atoms. The number of aromatic nitrogens is 4. The molecule has 0 unspecified atom stereocenters. The van der Waals surface area contributed by atoms with Crippen molar-refractivity contribution >= 4 is 46.6 Å². The number of aromatic amines is 1. The molecular formula is C27H22ClF3N8O. The number of hydrogen-bond acceptors (Lipinski definition) is 5. The molecule has 0 spiro atoms. The maximum absolute atomic E-state index is 13.1. The molecule has 0 aliphatic rings. The molecule has 0 radical (unpaired) electrons. The van der Waals surface area contributed by atoms with Gasteiger partial charge >= 0.3 is 12.2 Å². The van der Waals surface area contributed by atoms with E-state index in [9.17, 15) is 18.0 Å². The SMILES string of the molecule is Cc1ccc(NC(=O)Nc2ccc(Cl)c(C(F)(F)F)c2)cc1C#Cc1cnc(/C(=C\C=N)Nc2cnn(C)c2)[nH]1. The summed E-state index contributed by atoms with van der Waals surface area (Å²) in [4.78, 5) is 19.9. The minimum atomic E-state index is -4.65. The number of aryl methyl sites for hydroxylation is 2. The lowest BCUT2D eigenvalue weighted by molar-refractivity contribution is -0.137. The van der Waals surface area contributed by atoms with Gasteiger partial charge in [-0.05, 0) is 54.8 Å². The van der Waals surface area contributed by atoms with Crippen molar-refractivity contribution in [1.29, 1.82) is 5.41 Å². The van der Waals surface area contributed by atoms with E-state index in [1.54, 1.807) is 54.6 Å². The molecule has 2 amide bonds. The van der Waals surface area contributed by atoms with E-state index in [-0.39, 0.29) is 5.69 Å². The van der Waals surface area contributed by atoms with E-state index >= 15 is 0 Å². The van der Waals surface area contributed by atoms with Gasteiger partial charge in [-0.15, -0.1) is 0 Å². The lowest BCUT2D eigenvalue weighted by atomic mass is 10.1. The molecule has 9 nitrogen and oxygen atoms in total. The van der Waals surface area contributed by atoms with E-state index in [2.05, 4.69) is 42.9 Å². The van der Waals surface area contributed by atoms with Crippen LogP contribution in [0.4, 0.5) is 35.0 Å². The Kier molecular flexibility index (Phi) is 8.26. The molecule has 5 N–H and O–H groups in total. The average Bonchev–Trinajstić information content (AvgIpc) is 3.53. The highest BCUT2D eigenvalue weighted by Gasteiger charge is 2.33. The van der Waals surface area contributed by atoms with Gasteiger partial charge in [-0.25, -0.2) is 9.78 Å². The normalized spacial score (nSPS) is 11.4. The summed E-state index contributed by atoms with van der Waals surface area (Å²) in [5.41, 5.74) is 2.52. The highest BCUT2D eigenvalue weighted by Crippen LogP contribution is 2.36. The molecule has 0 atom stereocenters. The van der Waals surface area contributed by atoms with E-state index in [0.29, 0.717) is 28.5 Å². The number of allylic oxidation sites excluding steroid dienone is 1. The van der Waals surface area contributed by atoms with Crippen molar-refractivity contribution in [3.8, 4) is 11.8 Å². The number of carbonyl (C=O) groups is 1. The lowest BCUT2D eigenvalue weighted by Crippen LogP contribution is -2.20. The number of hydrogen-bond donors (Lipinski definition) is 5. The molecular weight excluding hydrogens is 545 g/mol. The van der Waals surface area contributed by atoms with Crippen molar-refractivity contribution in [2.24, 2.45) is 7.05 Å². The molecule has 204 valence electrons. The second-order valence-corrected chi connectivity index (χ2v) is 8.88. The zero-order valence-corrected chi connectivity index (χ0v) is 21.9. The van der Waals surface area contributed by atoms with Crippen LogP contribution in [-0.2, 0) is 13.2 Å². The highest BCUT2D eigenvalue weighted by molar-refractivity contribution is 6.31. The molecule has 4 rings (SSSR count). The van der Waals surface area contributed by atoms with E-state index < -0.39 is 22.8 Å². The van der Waals surface area contributed by atoms with Crippen LogP contribution >= 0.6 is 11.6 Å². The summed E-state index contributed by atoms with van der Waals surface area (Å²) >= 11 is 5.63. The van der Waals surface area contributed by atoms with Crippen LogP contribution in [0.25, 0.3) is 5.70 Å². The van der Waals surface area contributed by atoms with Crippen molar-refractivity contribution < 1.29 is 18.0 Å². The number of H-pyrrole nitrogens is 1. The topological polar surface area (TPSA) is 124 Å². The Morgan fingerprint density at radius 3 is 2.48 bits per heavy atom. The minimum Gasteiger partial charge on any atom is -0.350 e. The van der Waals surface area contributed by atoms with Crippen LogP contribution in [0.5, 0.6) is 0 Å². The standard InChI is InChI=1S/C27H22ClF3N8O/c1-16-3-5-18(37-26(40)38-19-7-8-23(28)22(12-19)27(29,30)31)11-17(16)4-6-20-13-33-25(36-20)24(9-10-32)35-21-14-34-39(2)15-21/h3,5,7-15,32,35H,1-2H3,(H,33,36)(H2,37,38,40)/b24-9+,32-10?. The fourth-order valence-electron chi connectivity index (χ4n) is 3.51. The third-order valence-corrected chi connectivity index (χ3v) is 5.75. The maximum Gasteiger partial charge on any atom is 0.417 e. The van der Waals surface area contributed by atoms with Gasteiger partial charge in [0.1, 0.15) is 5.69 Å². The highest BCUT2D eigenvalue weighted by atomic mass is 35.5. The molecule has 0 saturated carbocycles. The van der Waals surface area contributed by atoms with Crippen molar-refractivity contribution in [3.63, 3.8) is 0 Å². The van der Waals surface area contributed by atoms with Gasteiger partial charge in [0.2, 0.25) is 0 Å². The zero-order chi connectivity index (χ0) is 28.9. The maximum atomic E-state index is 13.1. The summed E-state index contributed by atoms with van der Waals surface area (Å²) in [6, 6.07) is 7.42. The number of anilines is 3. The number of rotatable bonds is 6. The Morgan fingerprint density at radius 2 is 1.80 bits per heavy atom. The molecule has 0 aliphatic carbocycles. The van der Waals surface area contributed by atoms with Crippen molar-refractivity contribution in [1.82, 2.24) is 19.7 Å². The minimum absolute atomic E-state index is 0.0640.